The molecule has 1 amide bonds. The van der Waals surface area contributed by atoms with Crippen LogP contribution in [0, 0.1) is 6.92 Å². The van der Waals surface area contributed by atoms with E-state index < -0.39 is 0 Å². The maximum Gasteiger partial charge on any atom is 0.227 e. The van der Waals surface area contributed by atoms with Gasteiger partial charge in [-0.1, -0.05) is 29.8 Å². The molecule has 2 aliphatic heterocycles. The van der Waals surface area contributed by atoms with Gasteiger partial charge >= 0.3 is 0 Å². The molecule has 0 bridgehead atoms. The van der Waals surface area contributed by atoms with E-state index in [0.29, 0.717) is 26.2 Å². The zero-order valence-electron chi connectivity index (χ0n) is 14.8. The number of fused-ring (bicyclic) bond motifs is 2. The molecule has 0 atom stereocenters. The van der Waals surface area contributed by atoms with Crippen LogP contribution in [0.1, 0.15) is 27.8 Å². The van der Waals surface area contributed by atoms with Crippen LogP contribution in [0.25, 0.3) is 0 Å². The molecule has 0 aromatic heterocycles. The minimum Gasteiger partial charge on any atom is -0.493 e. The van der Waals surface area contributed by atoms with Crippen LogP contribution < -0.4 is 9.47 Å². The van der Waals surface area contributed by atoms with Crippen LogP contribution in [0.4, 0.5) is 0 Å². The zero-order chi connectivity index (χ0) is 17.4. The van der Waals surface area contributed by atoms with Crippen molar-refractivity contribution in [2.24, 2.45) is 0 Å². The van der Waals surface area contributed by atoms with Crippen LogP contribution in [0.2, 0.25) is 0 Å². The SMILES string of the molecule is Cc1ccc(CC(=O)N(C)Cc2c3c(cc4c2OCC4)OCC3)cc1. The molecule has 2 aromatic carbocycles. The highest BCUT2D eigenvalue weighted by molar-refractivity contribution is 5.78. The standard InChI is InChI=1S/C21H23NO3/c1-14-3-5-15(6-4-14)11-20(23)22(2)13-18-17-8-10-24-19(17)12-16-7-9-25-21(16)18/h3-6,12H,7-11,13H2,1-2H3. The molecule has 0 saturated heterocycles. The number of carbonyl (C=O) groups is 1. The lowest BCUT2D eigenvalue weighted by atomic mass is 9.99. The van der Waals surface area contributed by atoms with E-state index in [4.69, 9.17) is 9.47 Å². The fourth-order valence-corrected chi connectivity index (χ4v) is 3.59. The Bertz CT molecular complexity index is 779. The van der Waals surface area contributed by atoms with Gasteiger partial charge in [-0.15, -0.1) is 0 Å². The lowest BCUT2D eigenvalue weighted by molar-refractivity contribution is -0.129. The number of benzene rings is 2. The zero-order valence-corrected chi connectivity index (χ0v) is 14.8. The van der Waals surface area contributed by atoms with Crippen LogP contribution in [-0.2, 0) is 30.6 Å². The molecule has 2 aliphatic rings. The third-order valence-corrected chi connectivity index (χ3v) is 5.06. The second kappa shape index (κ2) is 6.43. The third kappa shape index (κ3) is 3.09. The molecule has 0 spiro atoms. The first-order valence-corrected chi connectivity index (χ1v) is 8.84. The van der Waals surface area contributed by atoms with Crippen LogP contribution in [0.3, 0.4) is 0 Å². The van der Waals surface area contributed by atoms with Crippen LogP contribution >= 0.6 is 0 Å². The average molecular weight is 337 g/mol. The summed E-state index contributed by atoms with van der Waals surface area (Å²) >= 11 is 0. The molecule has 4 nitrogen and oxygen atoms in total. The number of aryl methyl sites for hydroxylation is 1. The highest BCUT2D eigenvalue weighted by Gasteiger charge is 2.27. The van der Waals surface area contributed by atoms with Gasteiger partial charge in [0.15, 0.2) is 0 Å². The van der Waals surface area contributed by atoms with Crippen molar-refractivity contribution in [1.82, 2.24) is 4.90 Å². The van der Waals surface area contributed by atoms with Crippen molar-refractivity contribution in [1.29, 1.82) is 0 Å². The van der Waals surface area contributed by atoms with Crippen LogP contribution in [0.5, 0.6) is 11.5 Å². The molecule has 0 N–H and O–H groups in total. The van der Waals surface area contributed by atoms with Crippen molar-refractivity contribution >= 4 is 5.91 Å². The summed E-state index contributed by atoms with van der Waals surface area (Å²) in [4.78, 5) is 14.5. The number of hydrogen-bond acceptors (Lipinski definition) is 3. The van der Waals surface area contributed by atoms with E-state index in [-0.39, 0.29) is 5.91 Å². The van der Waals surface area contributed by atoms with Crippen molar-refractivity contribution in [3.8, 4) is 11.5 Å². The molecule has 0 fully saturated rings. The third-order valence-electron chi connectivity index (χ3n) is 5.06. The van der Waals surface area contributed by atoms with Crippen molar-refractivity contribution in [2.45, 2.75) is 32.7 Å². The summed E-state index contributed by atoms with van der Waals surface area (Å²) in [5.41, 5.74) is 5.79. The van der Waals surface area contributed by atoms with Crippen molar-refractivity contribution < 1.29 is 14.3 Å². The Kier molecular flexibility index (Phi) is 4.12. The average Bonchev–Trinajstić information content (AvgIpc) is 3.25. The van der Waals surface area contributed by atoms with Crippen LogP contribution in [0.15, 0.2) is 30.3 Å². The predicted molar refractivity (Wildman–Crippen MR) is 96.2 cm³/mol. The smallest absolute Gasteiger partial charge is 0.227 e. The number of nitrogens with zero attached hydrogens (tertiary/aromatic N) is 1. The highest BCUT2D eigenvalue weighted by atomic mass is 16.5. The molecule has 4 rings (SSSR count). The fraction of sp³-hybridized carbons (Fsp3) is 0.381. The van der Waals surface area contributed by atoms with Crippen molar-refractivity contribution in [2.75, 3.05) is 20.3 Å². The summed E-state index contributed by atoms with van der Waals surface area (Å²) in [6, 6.07) is 10.3. The van der Waals surface area contributed by atoms with Crippen LogP contribution in [-0.4, -0.2) is 31.1 Å². The monoisotopic (exact) mass is 337 g/mol. The summed E-state index contributed by atoms with van der Waals surface area (Å²) in [7, 11) is 1.87. The van der Waals surface area contributed by atoms with Gasteiger partial charge in [-0.05, 0) is 18.6 Å². The molecule has 25 heavy (non-hydrogen) atoms. The van der Waals surface area contributed by atoms with E-state index >= 15 is 0 Å². The quantitative estimate of drug-likeness (QED) is 0.861. The van der Waals surface area contributed by atoms with Gasteiger partial charge in [0.2, 0.25) is 5.91 Å². The van der Waals surface area contributed by atoms with Gasteiger partial charge in [-0.3, -0.25) is 4.79 Å². The molecule has 130 valence electrons. The normalized spacial score (nSPS) is 14.5. The lowest BCUT2D eigenvalue weighted by Gasteiger charge is -2.21. The number of ether oxygens (including phenoxy) is 2. The van der Waals surface area contributed by atoms with Gasteiger partial charge in [0.1, 0.15) is 11.5 Å². The maximum absolute atomic E-state index is 12.7. The molecule has 0 radical (unpaired) electrons. The van der Waals surface area contributed by atoms with E-state index in [2.05, 4.69) is 13.0 Å². The second-order valence-corrected chi connectivity index (χ2v) is 6.93. The van der Waals surface area contributed by atoms with Gasteiger partial charge < -0.3 is 14.4 Å². The minimum absolute atomic E-state index is 0.118. The molecule has 0 unspecified atom stereocenters. The Labute approximate surface area is 148 Å². The first kappa shape index (κ1) is 16.0. The Morgan fingerprint density at radius 1 is 1.12 bits per heavy atom. The summed E-state index contributed by atoms with van der Waals surface area (Å²) in [5.74, 6) is 2.06. The van der Waals surface area contributed by atoms with Gasteiger partial charge in [-0.25, -0.2) is 0 Å². The molecular formula is C21H23NO3. The number of amides is 1. The van der Waals surface area contributed by atoms with Crippen molar-refractivity contribution in [3.05, 3.63) is 58.1 Å². The van der Waals surface area contributed by atoms with Gasteiger partial charge in [-0.2, -0.15) is 0 Å². The summed E-state index contributed by atoms with van der Waals surface area (Å²) in [6.45, 7) is 4.05. The minimum atomic E-state index is 0.118. The number of hydrogen-bond donors (Lipinski definition) is 0. The Balaban J connectivity index is 1.54. The largest absolute Gasteiger partial charge is 0.493 e. The van der Waals surface area contributed by atoms with E-state index in [9.17, 15) is 4.79 Å². The number of carbonyl (C=O) groups excluding carboxylic acids is 1. The molecule has 2 heterocycles. The molecule has 0 aliphatic carbocycles. The fourth-order valence-electron chi connectivity index (χ4n) is 3.59. The molecule has 0 saturated carbocycles. The number of rotatable bonds is 4. The van der Waals surface area contributed by atoms with E-state index in [1.54, 1.807) is 4.90 Å². The number of likely N-dealkylation sites (N-methyl/N-ethyl adjacent to an activating group) is 1. The summed E-state index contributed by atoms with van der Waals surface area (Å²) in [6.07, 6.45) is 2.23. The van der Waals surface area contributed by atoms with Gasteiger partial charge in [0, 0.05) is 43.1 Å². The topological polar surface area (TPSA) is 38.8 Å². The van der Waals surface area contributed by atoms with Gasteiger partial charge in [0.25, 0.3) is 0 Å². The van der Waals surface area contributed by atoms with E-state index in [1.807, 2.05) is 31.3 Å². The van der Waals surface area contributed by atoms with E-state index in [1.165, 1.54) is 16.7 Å². The highest BCUT2D eigenvalue weighted by Crippen LogP contribution is 2.41. The maximum atomic E-state index is 12.7. The Morgan fingerprint density at radius 2 is 1.88 bits per heavy atom. The molecule has 2 aromatic rings. The second-order valence-electron chi connectivity index (χ2n) is 6.93. The predicted octanol–water partition coefficient (Wildman–Crippen LogP) is 3.07. The molecule has 4 heteroatoms. The van der Waals surface area contributed by atoms with E-state index in [0.717, 1.165) is 35.5 Å². The Morgan fingerprint density at radius 3 is 2.68 bits per heavy atom. The summed E-state index contributed by atoms with van der Waals surface area (Å²) < 4.78 is 11.6. The summed E-state index contributed by atoms with van der Waals surface area (Å²) in [5, 5.41) is 0. The Hall–Kier alpha value is -2.49. The molecular weight excluding hydrogens is 314 g/mol. The van der Waals surface area contributed by atoms with Gasteiger partial charge in [0.05, 0.1) is 19.6 Å². The first-order chi connectivity index (χ1) is 12.1. The lowest BCUT2D eigenvalue weighted by Crippen LogP contribution is -2.28. The van der Waals surface area contributed by atoms with Crippen molar-refractivity contribution in [3.63, 3.8) is 0 Å². The first-order valence-electron chi connectivity index (χ1n) is 8.84.